The van der Waals surface area contributed by atoms with Crippen molar-refractivity contribution in [3.63, 3.8) is 0 Å². The summed E-state index contributed by atoms with van der Waals surface area (Å²) in [5.41, 5.74) is 5.85. The zero-order valence-corrected chi connectivity index (χ0v) is 38.6. The fourth-order valence-electron chi connectivity index (χ4n) is 9.38. The van der Waals surface area contributed by atoms with Gasteiger partial charge in [-0.1, -0.05) is 60.1 Å². The molecule has 1 atom stereocenters. The fraction of sp³-hybridized carbons (Fsp3) is 0.340. The van der Waals surface area contributed by atoms with Crippen LogP contribution in [0.1, 0.15) is 67.4 Å². The molecule has 348 valence electrons. The largest absolute Gasteiger partial charge is 0.493 e. The minimum Gasteiger partial charge on any atom is -0.493 e. The number of nitrogens with one attached hydrogen (secondary N) is 1. The predicted molar refractivity (Wildman–Crippen MR) is 252 cm³/mol. The summed E-state index contributed by atoms with van der Waals surface area (Å²) >= 11 is 6.98. The second kappa shape index (κ2) is 19.9. The van der Waals surface area contributed by atoms with E-state index in [1.807, 2.05) is 66.5 Å². The van der Waals surface area contributed by atoms with Gasteiger partial charge in [0.1, 0.15) is 29.8 Å². The molecule has 3 aliphatic rings. The number of piperazine rings is 1. The quantitative estimate of drug-likeness (QED) is 0.0729. The monoisotopic (exact) mass is 929 g/mol. The number of aldehydes is 1. The van der Waals surface area contributed by atoms with Crippen molar-refractivity contribution in [2.45, 2.75) is 52.1 Å². The average molecular weight is 930 g/mol. The van der Waals surface area contributed by atoms with Crippen LogP contribution < -0.4 is 14.8 Å². The molecule has 4 aromatic carbocycles. The Hall–Kier alpha value is -6.88. The van der Waals surface area contributed by atoms with Crippen LogP contribution in [0.5, 0.6) is 11.5 Å². The van der Waals surface area contributed by atoms with Crippen LogP contribution in [0.4, 0.5) is 0 Å². The van der Waals surface area contributed by atoms with Crippen LogP contribution in [0.25, 0.3) is 32.8 Å². The summed E-state index contributed by atoms with van der Waals surface area (Å²) in [4.78, 5) is 77.3. The van der Waals surface area contributed by atoms with Crippen LogP contribution >= 0.6 is 11.6 Å². The Morgan fingerprint density at radius 2 is 1.58 bits per heavy atom. The first-order valence-corrected chi connectivity index (χ1v) is 22.7. The number of aryl methyl sites for hydroxylation is 3. The third-order valence-electron chi connectivity index (χ3n) is 12.8. The van der Waals surface area contributed by atoms with Gasteiger partial charge in [-0.2, -0.15) is 5.10 Å². The van der Waals surface area contributed by atoms with E-state index in [2.05, 4.69) is 45.5 Å². The molecule has 0 spiro atoms. The van der Waals surface area contributed by atoms with Gasteiger partial charge in [-0.15, -0.1) is 0 Å². The van der Waals surface area contributed by atoms with Gasteiger partial charge in [-0.05, 0) is 75.4 Å². The summed E-state index contributed by atoms with van der Waals surface area (Å²) in [5, 5.41) is 21.2. The van der Waals surface area contributed by atoms with Crippen LogP contribution in [-0.4, -0.2) is 129 Å². The zero-order chi connectivity index (χ0) is 47.5. The number of carboxylic acids is 1. The molecule has 17 heteroatoms. The standard InChI is InChI=1S/C35H40ClN5O3.C15H12N2O6/c1-23-31(24(2)39(4)37-23)32-29(36)15-14-28-27(12-8-22-44-30-13-7-10-25-9-5-6-11-26(25)30)34(35(42)43)41(33(28)32)21-20-40-18-16-38(3)17-19-40;18-6-7-23-10-3-1-2-8-12(10)15(22)17(14(8)21)9-4-5-11(19)16-13(9)20/h5-7,9-11,13-15H,8,12,16-22H2,1-4H3,(H,42,43);1-3,6,9H,4-5,7H2,(H,16,19,20). The molecule has 2 N–H and O–H groups in total. The smallest absolute Gasteiger partial charge is 0.352 e. The van der Waals surface area contributed by atoms with Crippen LogP contribution in [0.2, 0.25) is 5.02 Å². The first-order chi connectivity index (χ1) is 32.3. The summed E-state index contributed by atoms with van der Waals surface area (Å²) in [6.45, 7) is 9.49. The Morgan fingerprint density at radius 3 is 2.30 bits per heavy atom. The molecule has 0 bridgehead atoms. The molecule has 5 heterocycles. The van der Waals surface area contributed by atoms with E-state index in [0.717, 1.165) is 93.1 Å². The van der Waals surface area contributed by atoms with Gasteiger partial charge in [0.2, 0.25) is 11.8 Å². The number of hydrogen-bond donors (Lipinski definition) is 2. The lowest BCUT2D eigenvalue weighted by Crippen LogP contribution is -2.54. The van der Waals surface area contributed by atoms with Gasteiger partial charge in [0.15, 0.2) is 6.29 Å². The number of hydrogen-bond acceptors (Lipinski definition) is 11. The molecule has 2 aromatic heterocycles. The average Bonchev–Trinajstić information content (AvgIpc) is 3.87. The molecule has 2 saturated heterocycles. The zero-order valence-electron chi connectivity index (χ0n) is 37.8. The van der Waals surface area contributed by atoms with E-state index in [-0.39, 0.29) is 36.3 Å². The Balaban J connectivity index is 0.000000222. The highest BCUT2D eigenvalue weighted by Gasteiger charge is 2.46. The lowest BCUT2D eigenvalue weighted by atomic mass is 9.98. The van der Waals surface area contributed by atoms with Crippen molar-refractivity contribution < 1.29 is 43.3 Å². The maximum atomic E-state index is 13.1. The van der Waals surface area contributed by atoms with Crippen molar-refractivity contribution in [1.29, 1.82) is 0 Å². The number of ether oxygens (including phenoxy) is 2. The van der Waals surface area contributed by atoms with Gasteiger partial charge in [-0.25, -0.2) is 4.79 Å². The van der Waals surface area contributed by atoms with Crippen molar-refractivity contribution in [2.24, 2.45) is 7.05 Å². The molecular weight excluding hydrogens is 878 g/mol. The topological polar surface area (TPSA) is 186 Å². The molecule has 0 radical (unpaired) electrons. The lowest BCUT2D eigenvalue weighted by molar-refractivity contribution is -0.136. The normalized spacial score (nSPS) is 16.6. The van der Waals surface area contributed by atoms with Crippen molar-refractivity contribution in [3.8, 4) is 22.6 Å². The molecule has 4 amide bonds. The molecule has 0 aliphatic carbocycles. The fourth-order valence-corrected chi connectivity index (χ4v) is 9.63. The molecule has 6 aromatic rings. The van der Waals surface area contributed by atoms with Crippen molar-refractivity contribution in [2.75, 3.05) is 53.0 Å². The number of imide groups is 2. The van der Waals surface area contributed by atoms with Crippen molar-refractivity contribution >= 4 is 69.2 Å². The van der Waals surface area contributed by atoms with Gasteiger partial charge >= 0.3 is 5.97 Å². The summed E-state index contributed by atoms with van der Waals surface area (Å²) in [5.74, 6) is -2.36. The maximum absolute atomic E-state index is 13.1. The van der Waals surface area contributed by atoms with E-state index in [1.54, 1.807) is 0 Å². The maximum Gasteiger partial charge on any atom is 0.352 e. The number of piperidine rings is 1. The number of carboxylic acid groups (broad SMARTS) is 1. The summed E-state index contributed by atoms with van der Waals surface area (Å²) < 4.78 is 15.3. The number of fused-ring (bicyclic) bond motifs is 3. The number of halogens is 1. The molecule has 1 unspecified atom stereocenters. The number of likely N-dealkylation sites (N-methyl/N-ethyl adjacent to an activating group) is 1. The molecule has 0 saturated carbocycles. The number of benzene rings is 4. The SMILES string of the molecule is Cc1nn(C)c(C)c1-c1c(Cl)ccc2c(CCCOc3cccc4ccccc34)c(C(=O)O)n(CCN3CCN(C)CC3)c12.O=CCOc1cccc2c1C(=O)N(C1CCC(=O)NC1=O)C2=O. The highest BCUT2D eigenvalue weighted by Crippen LogP contribution is 2.42. The van der Waals surface area contributed by atoms with Crippen molar-refractivity contribution in [1.82, 2.24) is 34.4 Å². The second-order valence-corrected chi connectivity index (χ2v) is 17.4. The van der Waals surface area contributed by atoms with E-state index in [4.69, 9.17) is 21.1 Å². The summed E-state index contributed by atoms with van der Waals surface area (Å²) in [6.07, 6.45) is 1.90. The van der Waals surface area contributed by atoms with E-state index in [9.17, 15) is 33.9 Å². The Bertz CT molecular complexity index is 2930. The Kier molecular flexibility index (Phi) is 13.9. The van der Waals surface area contributed by atoms with E-state index in [0.29, 0.717) is 43.0 Å². The van der Waals surface area contributed by atoms with Gasteiger partial charge in [0.25, 0.3) is 11.8 Å². The van der Waals surface area contributed by atoms with Crippen LogP contribution in [0.15, 0.2) is 72.8 Å². The second-order valence-electron chi connectivity index (χ2n) is 16.9. The Morgan fingerprint density at radius 1 is 0.851 bits per heavy atom. The number of amides is 4. The number of aromatic carboxylic acids is 1. The Labute approximate surface area is 391 Å². The van der Waals surface area contributed by atoms with Gasteiger partial charge in [0.05, 0.1) is 34.0 Å². The van der Waals surface area contributed by atoms with E-state index < -0.39 is 35.6 Å². The summed E-state index contributed by atoms with van der Waals surface area (Å²) in [7, 11) is 4.07. The highest BCUT2D eigenvalue weighted by atomic mass is 35.5. The molecule has 67 heavy (non-hydrogen) atoms. The first-order valence-electron chi connectivity index (χ1n) is 22.3. The minimum absolute atomic E-state index is 0.0315. The van der Waals surface area contributed by atoms with E-state index in [1.165, 1.54) is 18.2 Å². The van der Waals surface area contributed by atoms with Crippen LogP contribution in [0.3, 0.4) is 0 Å². The molecule has 2 fully saturated rings. The number of carbonyl (C=O) groups is 6. The van der Waals surface area contributed by atoms with Gasteiger partial charge in [-0.3, -0.25) is 43.8 Å². The molecule has 16 nitrogen and oxygen atoms in total. The third kappa shape index (κ3) is 9.29. The molecular formula is C50H52ClN7O9. The number of rotatable bonds is 14. The molecule has 9 rings (SSSR count). The van der Waals surface area contributed by atoms with Crippen molar-refractivity contribution in [3.05, 3.63) is 112 Å². The van der Waals surface area contributed by atoms with Gasteiger partial charge < -0.3 is 24.0 Å². The van der Waals surface area contributed by atoms with Crippen LogP contribution in [-0.2, 0) is 34.4 Å². The number of carbonyl (C=O) groups excluding carboxylic acids is 5. The van der Waals surface area contributed by atoms with Gasteiger partial charge in [0, 0.05) is 80.3 Å². The number of nitrogens with zero attached hydrogens (tertiary/aromatic N) is 6. The predicted octanol–water partition coefficient (Wildman–Crippen LogP) is 6.09. The van der Waals surface area contributed by atoms with Crippen LogP contribution in [0, 0.1) is 13.8 Å². The minimum atomic E-state index is -1.03. The van der Waals surface area contributed by atoms with E-state index >= 15 is 0 Å². The first kappa shape index (κ1) is 46.6. The molecule has 3 aliphatic heterocycles. The third-order valence-corrected chi connectivity index (χ3v) is 13.1. The lowest BCUT2D eigenvalue weighted by Gasteiger charge is -2.32. The number of aromatic nitrogens is 3. The highest BCUT2D eigenvalue weighted by molar-refractivity contribution is 6.35. The summed E-state index contributed by atoms with van der Waals surface area (Å²) in [6, 6.07) is 21.6.